The molecule has 1 aliphatic rings. The largest absolute Gasteiger partial charge is 0.494 e. The van der Waals surface area contributed by atoms with Crippen molar-refractivity contribution in [2.75, 3.05) is 20.3 Å². The number of amides is 1. The van der Waals surface area contributed by atoms with Gasteiger partial charge in [-0.1, -0.05) is 110 Å². The number of hydrogen-bond donors (Lipinski definition) is 1. The van der Waals surface area contributed by atoms with E-state index in [1.807, 2.05) is 20.8 Å². The van der Waals surface area contributed by atoms with Gasteiger partial charge in [-0.3, -0.25) is 9.69 Å². The predicted octanol–water partition coefficient (Wildman–Crippen LogP) is 9.97. The lowest BCUT2D eigenvalue weighted by molar-refractivity contribution is -0.154. The maximum absolute atomic E-state index is 12.9. The summed E-state index contributed by atoms with van der Waals surface area (Å²) in [6.07, 6.45) is 18.8. The van der Waals surface area contributed by atoms with E-state index in [9.17, 15) is 14.7 Å². The molecule has 6 nitrogen and oxygen atoms in total. The van der Waals surface area contributed by atoms with Crippen LogP contribution in [0, 0.1) is 5.92 Å². The van der Waals surface area contributed by atoms with Crippen LogP contribution in [0.2, 0.25) is 0 Å². The summed E-state index contributed by atoms with van der Waals surface area (Å²) in [6.45, 7) is 13.3. The SMILES string of the molecule is CCCCCCCCCCCCCCCc1cccc(OCC)c1C1C(CCOC)=C(C)N(C(=O)C(=O)O)C(C)=C1C(C)C. The molecule has 0 radical (unpaired) electrons. The van der Waals surface area contributed by atoms with Gasteiger partial charge in [0, 0.05) is 30.0 Å². The van der Waals surface area contributed by atoms with Crippen molar-refractivity contribution in [3.05, 3.63) is 51.9 Å². The van der Waals surface area contributed by atoms with Crippen LogP contribution in [0.5, 0.6) is 5.75 Å². The minimum absolute atomic E-state index is 0.0913. The third-order valence-electron chi connectivity index (χ3n) is 9.09. The van der Waals surface area contributed by atoms with Crippen LogP contribution in [-0.2, 0) is 20.7 Å². The van der Waals surface area contributed by atoms with Crippen molar-refractivity contribution in [2.24, 2.45) is 5.92 Å². The van der Waals surface area contributed by atoms with Crippen molar-refractivity contribution in [3.63, 3.8) is 0 Å². The normalized spacial score (nSPS) is 15.5. The number of hydrogen-bond acceptors (Lipinski definition) is 4. The van der Waals surface area contributed by atoms with Crippen LogP contribution in [0.1, 0.15) is 148 Å². The molecular weight excluding hydrogens is 550 g/mol. The number of aryl methyl sites for hydroxylation is 1. The first kappa shape index (κ1) is 37.6. The number of ether oxygens (including phenoxy) is 2. The summed E-state index contributed by atoms with van der Waals surface area (Å²) in [6, 6.07) is 6.37. The number of methoxy groups -OCH3 is 1. The van der Waals surface area contributed by atoms with Crippen LogP contribution in [0.4, 0.5) is 0 Å². The lowest BCUT2D eigenvalue weighted by atomic mass is 9.72. The van der Waals surface area contributed by atoms with Crippen LogP contribution in [0.15, 0.2) is 40.7 Å². The van der Waals surface area contributed by atoms with Gasteiger partial charge < -0.3 is 14.6 Å². The summed E-state index contributed by atoms with van der Waals surface area (Å²) in [5, 5.41) is 9.67. The van der Waals surface area contributed by atoms with Crippen LogP contribution >= 0.6 is 0 Å². The number of carbonyl (C=O) groups is 2. The molecule has 0 bridgehead atoms. The van der Waals surface area contributed by atoms with Gasteiger partial charge in [0.05, 0.1) is 13.2 Å². The van der Waals surface area contributed by atoms with Crippen molar-refractivity contribution in [3.8, 4) is 5.75 Å². The maximum Gasteiger partial charge on any atom is 0.395 e. The average molecular weight is 612 g/mol. The van der Waals surface area contributed by atoms with E-state index in [1.165, 1.54) is 87.5 Å². The highest BCUT2D eigenvalue weighted by Gasteiger charge is 2.39. The number of carboxylic acid groups (broad SMARTS) is 1. The van der Waals surface area contributed by atoms with Gasteiger partial charge in [0.25, 0.3) is 0 Å². The highest BCUT2D eigenvalue weighted by atomic mass is 16.5. The highest BCUT2D eigenvalue weighted by molar-refractivity contribution is 6.32. The topological polar surface area (TPSA) is 76.1 Å². The van der Waals surface area contributed by atoms with Crippen LogP contribution in [0.3, 0.4) is 0 Å². The fourth-order valence-corrected chi connectivity index (χ4v) is 6.90. The molecule has 0 spiro atoms. The molecule has 1 aromatic rings. The monoisotopic (exact) mass is 611 g/mol. The fourth-order valence-electron chi connectivity index (χ4n) is 6.90. The molecule has 0 fully saturated rings. The Kier molecular flexibility index (Phi) is 17.5. The molecule has 1 aromatic carbocycles. The first-order valence-corrected chi connectivity index (χ1v) is 17.4. The Bertz CT molecular complexity index is 1100. The van der Waals surface area contributed by atoms with E-state index in [4.69, 9.17) is 9.47 Å². The van der Waals surface area contributed by atoms with Gasteiger partial charge in [-0.05, 0) is 68.7 Å². The summed E-state index contributed by atoms with van der Waals surface area (Å²) in [4.78, 5) is 26.2. The molecule has 0 saturated carbocycles. The first-order valence-electron chi connectivity index (χ1n) is 17.4. The maximum atomic E-state index is 12.9. The summed E-state index contributed by atoms with van der Waals surface area (Å²) >= 11 is 0. The smallest absolute Gasteiger partial charge is 0.395 e. The second-order valence-electron chi connectivity index (χ2n) is 12.7. The zero-order chi connectivity index (χ0) is 32.5. The molecular formula is C38H61NO5. The lowest BCUT2D eigenvalue weighted by Gasteiger charge is -2.40. The van der Waals surface area contributed by atoms with Gasteiger partial charge in [0.15, 0.2) is 0 Å². The van der Waals surface area contributed by atoms with E-state index in [2.05, 4.69) is 39.0 Å². The zero-order valence-corrected chi connectivity index (χ0v) is 28.9. The van der Waals surface area contributed by atoms with E-state index < -0.39 is 11.9 Å². The number of carboxylic acids is 1. The number of carbonyl (C=O) groups excluding carboxylic acids is 1. The fraction of sp³-hybridized carbons (Fsp3) is 0.684. The Morgan fingerprint density at radius 1 is 0.841 bits per heavy atom. The summed E-state index contributed by atoms with van der Waals surface area (Å²) in [7, 11) is 1.67. The Balaban J connectivity index is 2.25. The van der Waals surface area contributed by atoms with Crippen molar-refractivity contribution in [1.29, 1.82) is 0 Å². The van der Waals surface area contributed by atoms with Crippen LogP contribution in [0.25, 0.3) is 0 Å². The molecule has 44 heavy (non-hydrogen) atoms. The second-order valence-corrected chi connectivity index (χ2v) is 12.7. The molecule has 1 N–H and O–H groups in total. The lowest BCUT2D eigenvalue weighted by Crippen LogP contribution is -2.39. The summed E-state index contributed by atoms with van der Waals surface area (Å²) in [5.41, 5.74) is 5.90. The number of benzene rings is 1. The highest BCUT2D eigenvalue weighted by Crippen LogP contribution is 2.49. The number of nitrogens with zero attached hydrogens (tertiary/aromatic N) is 1. The average Bonchev–Trinajstić information content (AvgIpc) is 2.99. The molecule has 1 aliphatic heterocycles. The number of rotatable bonds is 21. The van der Waals surface area contributed by atoms with Gasteiger partial charge in [-0.2, -0.15) is 0 Å². The van der Waals surface area contributed by atoms with E-state index in [1.54, 1.807) is 7.11 Å². The van der Waals surface area contributed by atoms with E-state index in [0.717, 1.165) is 35.3 Å². The van der Waals surface area contributed by atoms with Crippen molar-refractivity contribution in [1.82, 2.24) is 4.90 Å². The van der Waals surface area contributed by atoms with E-state index >= 15 is 0 Å². The molecule has 1 atom stereocenters. The Morgan fingerprint density at radius 3 is 1.91 bits per heavy atom. The minimum Gasteiger partial charge on any atom is -0.494 e. The van der Waals surface area contributed by atoms with E-state index in [-0.39, 0.29) is 11.8 Å². The Hall–Kier alpha value is -2.60. The second kappa shape index (κ2) is 20.4. The Labute approximate surface area is 268 Å². The van der Waals surface area contributed by atoms with Gasteiger partial charge in [0.2, 0.25) is 0 Å². The number of unbranched alkanes of at least 4 members (excludes halogenated alkanes) is 12. The van der Waals surface area contributed by atoms with Crippen LogP contribution in [-0.4, -0.2) is 42.2 Å². The molecule has 0 aliphatic carbocycles. The molecule has 1 heterocycles. The molecule has 248 valence electrons. The molecule has 6 heteroatoms. The third kappa shape index (κ3) is 10.8. The van der Waals surface area contributed by atoms with Gasteiger partial charge >= 0.3 is 11.9 Å². The number of aliphatic carboxylic acids is 1. The molecule has 2 rings (SSSR count). The van der Waals surface area contributed by atoms with E-state index in [0.29, 0.717) is 31.0 Å². The van der Waals surface area contributed by atoms with Crippen molar-refractivity contribution in [2.45, 2.75) is 144 Å². The molecule has 0 saturated heterocycles. The number of allylic oxidation sites excluding steroid dienone is 3. The first-order chi connectivity index (χ1) is 21.2. The zero-order valence-electron chi connectivity index (χ0n) is 28.9. The van der Waals surface area contributed by atoms with Crippen LogP contribution < -0.4 is 4.74 Å². The van der Waals surface area contributed by atoms with Crippen molar-refractivity contribution < 1.29 is 24.2 Å². The molecule has 1 unspecified atom stereocenters. The minimum atomic E-state index is -1.45. The quantitative estimate of drug-likeness (QED) is 0.111. The molecule has 1 amide bonds. The van der Waals surface area contributed by atoms with Gasteiger partial charge in [-0.25, -0.2) is 4.79 Å². The third-order valence-corrected chi connectivity index (χ3v) is 9.09. The predicted molar refractivity (Wildman–Crippen MR) is 181 cm³/mol. The molecule has 0 aromatic heterocycles. The Morgan fingerprint density at radius 2 is 1.41 bits per heavy atom. The standard InChI is InChI=1S/C38H61NO5/c1-8-10-11-12-13-14-15-16-17-18-19-20-21-23-31-24-22-25-33(44-9-2)35(31)36-32(26-27-43-7)29(5)39(37(40)38(41)42)30(6)34(36)28(3)4/h22,24-25,28,36H,8-21,23,26-27H2,1-7H3,(H,41,42). The van der Waals surface area contributed by atoms with Gasteiger partial charge in [0.1, 0.15) is 5.75 Å². The summed E-state index contributed by atoms with van der Waals surface area (Å²) < 4.78 is 11.8. The van der Waals surface area contributed by atoms with Crippen molar-refractivity contribution >= 4 is 11.9 Å². The van der Waals surface area contributed by atoms with Gasteiger partial charge in [-0.15, -0.1) is 0 Å². The summed E-state index contributed by atoms with van der Waals surface area (Å²) in [5.74, 6) is -1.52.